The molecule has 0 aliphatic rings. The number of aromatic nitrogens is 1. The molecular weight excluding hydrogens is 188 g/mol. The lowest BCUT2D eigenvalue weighted by Gasteiger charge is -2.06. The molecule has 0 unspecified atom stereocenters. The number of hydrogen-bond acceptors (Lipinski definition) is 2. The second kappa shape index (κ2) is 3.21. The molecule has 4 heteroatoms. The van der Waals surface area contributed by atoms with Gasteiger partial charge in [0.2, 0.25) is 0 Å². The second-order valence-electron chi connectivity index (χ2n) is 2.87. The van der Waals surface area contributed by atoms with Gasteiger partial charge in [0.05, 0.1) is 11.1 Å². The van der Waals surface area contributed by atoms with E-state index >= 15 is 0 Å². The quantitative estimate of drug-likeness (QED) is 0.758. The Morgan fingerprint density at radius 3 is 2.71 bits per heavy atom. The van der Waals surface area contributed by atoms with Gasteiger partial charge in [-0.2, -0.15) is 0 Å². The SMILES string of the molecule is Oc1ccc2cccnc2c1C(F)F. The van der Waals surface area contributed by atoms with Crippen LogP contribution in [0.5, 0.6) is 5.75 Å². The highest BCUT2D eigenvalue weighted by Crippen LogP contribution is 2.33. The van der Waals surface area contributed by atoms with Gasteiger partial charge < -0.3 is 5.11 Å². The van der Waals surface area contributed by atoms with Crippen molar-refractivity contribution in [2.75, 3.05) is 0 Å². The molecule has 1 heterocycles. The Morgan fingerprint density at radius 1 is 1.21 bits per heavy atom. The summed E-state index contributed by atoms with van der Waals surface area (Å²) >= 11 is 0. The number of fused-ring (bicyclic) bond motifs is 1. The predicted octanol–water partition coefficient (Wildman–Crippen LogP) is 2.88. The number of halogens is 2. The van der Waals surface area contributed by atoms with E-state index in [1.807, 2.05) is 0 Å². The first-order valence-electron chi connectivity index (χ1n) is 4.05. The smallest absolute Gasteiger partial charge is 0.269 e. The molecular formula is C10H7F2NO. The molecule has 0 saturated heterocycles. The minimum Gasteiger partial charge on any atom is -0.507 e. The summed E-state index contributed by atoms with van der Waals surface area (Å²) in [5.41, 5.74) is -0.245. The zero-order valence-corrected chi connectivity index (χ0v) is 7.11. The van der Waals surface area contributed by atoms with Crippen LogP contribution < -0.4 is 0 Å². The summed E-state index contributed by atoms with van der Waals surface area (Å²) in [4.78, 5) is 3.82. The Hall–Kier alpha value is -1.71. The fourth-order valence-corrected chi connectivity index (χ4v) is 1.37. The largest absolute Gasteiger partial charge is 0.507 e. The van der Waals surface area contributed by atoms with Gasteiger partial charge in [-0.25, -0.2) is 8.78 Å². The van der Waals surface area contributed by atoms with Gasteiger partial charge in [0, 0.05) is 11.6 Å². The number of alkyl halides is 2. The number of hydrogen-bond donors (Lipinski definition) is 1. The van der Waals surface area contributed by atoms with E-state index in [0.717, 1.165) is 0 Å². The van der Waals surface area contributed by atoms with Crippen molar-refractivity contribution in [1.82, 2.24) is 4.98 Å². The molecule has 0 saturated carbocycles. The Bertz CT molecular complexity index is 471. The van der Waals surface area contributed by atoms with E-state index in [1.165, 1.54) is 12.3 Å². The van der Waals surface area contributed by atoms with Gasteiger partial charge in [0.15, 0.2) is 0 Å². The fourth-order valence-electron chi connectivity index (χ4n) is 1.37. The number of aromatic hydroxyl groups is 1. The molecule has 0 fully saturated rings. The number of rotatable bonds is 1. The fraction of sp³-hybridized carbons (Fsp3) is 0.100. The first kappa shape index (κ1) is 8.87. The Balaban J connectivity index is 2.83. The Labute approximate surface area is 78.8 Å². The lowest BCUT2D eigenvalue weighted by molar-refractivity contribution is 0.149. The van der Waals surface area contributed by atoms with Crippen LogP contribution in [0.25, 0.3) is 10.9 Å². The third-order valence-corrected chi connectivity index (χ3v) is 2.01. The molecule has 2 aromatic rings. The summed E-state index contributed by atoms with van der Waals surface area (Å²) < 4.78 is 25.1. The molecule has 0 radical (unpaired) electrons. The van der Waals surface area contributed by atoms with Gasteiger partial charge in [-0.1, -0.05) is 6.07 Å². The molecule has 0 bridgehead atoms. The van der Waals surface area contributed by atoms with Gasteiger partial charge in [-0.3, -0.25) is 4.98 Å². The van der Waals surface area contributed by atoms with E-state index in [4.69, 9.17) is 0 Å². The molecule has 0 atom stereocenters. The molecule has 14 heavy (non-hydrogen) atoms. The zero-order valence-electron chi connectivity index (χ0n) is 7.11. The maximum atomic E-state index is 12.6. The standard InChI is InChI=1S/C10H7F2NO/c11-10(12)8-7(14)4-3-6-2-1-5-13-9(6)8/h1-5,10,14H. The topological polar surface area (TPSA) is 33.1 Å². The number of benzene rings is 1. The highest BCUT2D eigenvalue weighted by Gasteiger charge is 2.17. The minimum atomic E-state index is -2.71. The predicted molar refractivity (Wildman–Crippen MR) is 48.4 cm³/mol. The molecule has 2 rings (SSSR count). The van der Waals surface area contributed by atoms with Gasteiger partial charge in [-0.15, -0.1) is 0 Å². The molecule has 1 aromatic heterocycles. The molecule has 1 N–H and O–H groups in total. The number of nitrogens with zero attached hydrogens (tertiary/aromatic N) is 1. The first-order valence-corrected chi connectivity index (χ1v) is 4.05. The molecule has 0 amide bonds. The Morgan fingerprint density at radius 2 is 2.00 bits per heavy atom. The maximum absolute atomic E-state index is 12.6. The Kier molecular flexibility index (Phi) is 2.04. The second-order valence-corrected chi connectivity index (χ2v) is 2.87. The van der Waals surface area contributed by atoms with Crippen LogP contribution in [-0.2, 0) is 0 Å². The van der Waals surface area contributed by atoms with Crippen molar-refractivity contribution in [3.63, 3.8) is 0 Å². The summed E-state index contributed by atoms with van der Waals surface area (Å²) in [7, 11) is 0. The minimum absolute atomic E-state index is 0.155. The first-order chi connectivity index (χ1) is 6.70. The van der Waals surface area contributed by atoms with Crippen LogP contribution >= 0.6 is 0 Å². The molecule has 0 aliphatic heterocycles. The molecule has 0 spiro atoms. The molecule has 0 aliphatic carbocycles. The van der Waals surface area contributed by atoms with E-state index < -0.39 is 17.7 Å². The molecule has 2 nitrogen and oxygen atoms in total. The van der Waals surface area contributed by atoms with E-state index in [0.29, 0.717) is 5.39 Å². The van der Waals surface area contributed by atoms with Crippen LogP contribution in [0.15, 0.2) is 30.5 Å². The van der Waals surface area contributed by atoms with Crippen molar-refractivity contribution < 1.29 is 13.9 Å². The van der Waals surface area contributed by atoms with Crippen LogP contribution in [0.4, 0.5) is 8.78 Å². The molecule has 1 aromatic carbocycles. The van der Waals surface area contributed by atoms with Crippen LogP contribution in [0, 0.1) is 0 Å². The summed E-state index contributed by atoms with van der Waals surface area (Å²) in [6.45, 7) is 0. The van der Waals surface area contributed by atoms with Gasteiger partial charge >= 0.3 is 0 Å². The van der Waals surface area contributed by atoms with Crippen LogP contribution in [0.3, 0.4) is 0 Å². The average Bonchev–Trinajstić information content (AvgIpc) is 2.17. The number of pyridine rings is 1. The van der Waals surface area contributed by atoms with Crippen LogP contribution in [0.2, 0.25) is 0 Å². The summed E-state index contributed by atoms with van der Waals surface area (Å²) in [5.74, 6) is -0.411. The summed E-state index contributed by atoms with van der Waals surface area (Å²) in [5, 5.41) is 9.86. The van der Waals surface area contributed by atoms with Crippen molar-refractivity contribution >= 4 is 10.9 Å². The van der Waals surface area contributed by atoms with Crippen molar-refractivity contribution in [2.24, 2.45) is 0 Å². The summed E-state index contributed by atoms with van der Waals surface area (Å²) in [6, 6.07) is 6.15. The van der Waals surface area contributed by atoms with Crippen molar-refractivity contribution in [1.29, 1.82) is 0 Å². The van der Waals surface area contributed by atoms with Gasteiger partial charge in [-0.05, 0) is 18.2 Å². The van der Waals surface area contributed by atoms with Gasteiger partial charge in [0.25, 0.3) is 6.43 Å². The van der Waals surface area contributed by atoms with Crippen LogP contribution in [0.1, 0.15) is 12.0 Å². The summed E-state index contributed by atoms with van der Waals surface area (Å²) in [6.07, 6.45) is -1.29. The van der Waals surface area contributed by atoms with Crippen molar-refractivity contribution in [2.45, 2.75) is 6.43 Å². The van der Waals surface area contributed by atoms with E-state index in [2.05, 4.69) is 4.98 Å². The lowest BCUT2D eigenvalue weighted by Crippen LogP contribution is -1.90. The molecule has 72 valence electrons. The average molecular weight is 195 g/mol. The van der Waals surface area contributed by atoms with Crippen molar-refractivity contribution in [3.8, 4) is 5.75 Å². The monoisotopic (exact) mass is 195 g/mol. The van der Waals surface area contributed by atoms with E-state index in [1.54, 1.807) is 18.2 Å². The highest BCUT2D eigenvalue weighted by molar-refractivity contribution is 5.83. The lowest BCUT2D eigenvalue weighted by atomic mass is 10.1. The van der Waals surface area contributed by atoms with Gasteiger partial charge in [0.1, 0.15) is 5.75 Å². The third kappa shape index (κ3) is 1.28. The maximum Gasteiger partial charge on any atom is 0.269 e. The van der Waals surface area contributed by atoms with Crippen molar-refractivity contribution in [3.05, 3.63) is 36.0 Å². The van der Waals surface area contributed by atoms with Crippen LogP contribution in [-0.4, -0.2) is 10.1 Å². The van der Waals surface area contributed by atoms with E-state index in [9.17, 15) is 13.9 Å². The normalized spacial score (nSPS) is 11.1. The zero-order chi connectivity index (χ0) is 10.1. The number of phenols is 1. The van der Waals surface area contributed by atoms with E-state index in [-0.39, 0.29) is 5.52 Å². The third-order valence-electron chi connectivity index (χ3n) is 2.01. The number of phenolic OH excluding ortho intramolecular Hbond substituents is 1. The highest BCUT2D eigenvalue weighted by atomic mass is 19.3.